The molecular weight excluding hydrogens is 361 g/mol. The number of likely N-dealkylation sites (tertiary alicyclic amines) is 1. The maximum absolute atomic E-state index is 12.2. The molecule has 1 aromatic heterocycles. The molecule has 25 heavy (non-hydrogen) atoms. The summed E-state index contributed by atoms with van der Waals surface area (Å²) in [7, 11) is 0. The summed E-state index contributed by atoms with van der Waals surface area (Å²) in [4.78, 5) is 16.7. The predicted molar refractivity (Wildman–Crippen MR) is 105 cm³/mol. The van der Waals surface area contributed by atoms with E-state index in [1.54, 1.807) is 0 Å². The summed E-state index contributed by atoms with van der Waals surface area (Å²) in [5, 5.41) is 7.68. The normalized spacial score (nSPS) is 19.2. The van der Waals surface area contributed by atoms with Gasteiger partial charge in [-0.1, -0.05) is 0 Å². The van der Waals surface area contributed by atoms with Crippen LogP contribution in [0.25, 0.3) is 0 Å². The summed E-state index contributed by atoms with van der Waals surface area (Å²) in [5.74, 6) is 1.04. The van der Waals surface area contributed by atoms with Gasteiger partial charge in [-0.15, -0.1) is 24.8 Å². The zero-order chi connectivity index (χ0) is 16.1. The quantitative estimate of drug-likeness (QED) is 0.827. The molecule has 0 atom stereocenters. The van der Waals surface area contributed by atoms with E-state index in [2.05, 4.69) is 33.1 Å². The van der Waals surface area contributed by atoms with Crippen molar-refractivity contribution in [2.45, 2.75) is 32.7 Å². The number of piperidine rings is 1. The van der Waals surface area contributed by atoms with Crippen LogP contribution < -0.4 is 5.32 Å². The lowest BCUT2D eigenvalue weighted by Gasteiger charge is -2.33. The number of carbonyl (C=O) groups is 1. The summed E-state index contributed by atoms with van der Waals surface area (Å²) in [6.45, 7) is 9.85. The Labute approximate surface area is 163 Å². The molecule has 0 aliphatic carbocycles. The number of rotatable bonds is 5. The largest absolute Gasteiger partial charge is 0.340 e. The minimum Gasteiger partial charge on any atom is -0.340 e. The minimum atomic E-state index is 0. The van der Waals surface area contributed by atoms with Crippen LogP contribution in [0.1, 0.15) is 24.8 Å². The van der Waals surface area contributed by atoms with Crippen molar-refractivity contribution in [2.75, 3.05) is 45.8 Å². The van der Waals surface area contributed by atoms with Gasteiger partial charge in [-0.3, -0.25) is 9.48 Å². The fraction of sp³-hybridized carbons (Fsp3) is 0.765. The van der Waals surface area contributed by atoms with E-state index in [-0.39, 0.29) is 24.8 Å². The third kappa shape index (κ3) is 6.77. The first-order valence-electron chi connectivity index (χ1n) is 8.90. The van der Waals surface area contributed by atoms with Crippen molar-refractivity contribution in [1.29, 1.82) is 0 Å². The molecule has 8 heteroatoms. The fourth-order valence-corrected chi connectivity index (χ4v) is 3.55. The lowest BCUT2D eigenvalue weighted by atomic mass is 9.97. The Kier molecular flexibility index (Phi) is 9.79. The molecule has 0 spiro atoms. The number of aryl methyl sites for hydroxylation is 1. The number of piperazine rings is 1. The van der Waals surface area contributed by atoms with Gasteiger partial charge >= 0.3 is 0 Å². The van der Waals surface area contributed by atoms with E-state index in [0.717, 1.165) is 58.3 Å². The number of amides is 1. The van der Waals surface area contributed by atoms with Gasteiger partial charge in [-0.2, -0.15) is 5.10 Å². The Bertz CT molecular complexity index is 511. The van der Waals surface area contributed by atoms with Gasteiger partial charge in [0.1, 0.15) is 0 Å². The standard InChI is InChI=1S/C17H29N5O.2ClH/c1-15-12-19-22(13-15)14-16-2-7-20(8-3-16)9-4-17(23)21-10-5-18-6-11-21;;/h12-13,16,18H,2-11,14H2,1H3;2*1H. The smallest absolute Gasteiger partial charge is 0.223 e. The number of nitrogens with one attached hydrogen (secondary N) is 1. The fourth-order valence-electron chi connectivity index (χ4n) is 3.55. The van der Waals surface area contributed by atoms with Crippen LogP contribution in [0, 0.1) is 12.8 Å². The Morgan fingerprint density at radius 1 is 1.20 bits per heavy atom. The van der Waals surface area contributed by atoms with E-state index < -0.39 is 0 Å². The van der Waals surface area contributed by atoms with Crippen molar-refractivity contribution in [2.24, 2.45) is 5.92 Å². The van der Waals surface area contributed by atoms with Gasteiger partial charge in [0.05, 0.1) is 6.20 Å². The zero-order valence-electron chi connectivity index (χ0n) is 15.0. The van der Waals surface area contributed by atoms with Gasteiger partial charge in [-0.05, 0) is 44.3 Å². The molecule has 144 valence electrons. The van der Waals surface area contributed by atoms with Gasteiger partial charge < -0.3 is 15.1 Å². The first-order chi connectivity index (χ1) is 11.2. The molecule has 3 heterocycles. The van der Waals surface area contributed by atoms with Crippen LogP contribution in [0.4, 0.5) is 0 Å². The van der Waals surface area contributed by atoms with Crippen molar-refractivity contribution in [3.63, 3.8) is 0 Å². The highest BCUT2D eigenvalue weighted by Crippen LogP contribution is 2.19. The molecule has 0 radical (unpaired) electrons. The highest BCUT2D eigenvalue weighted by atomic mass is 35.5. The second-order valence-corrected chi connectivity index (χ2v) is 6.91. The van der Waals surface area contributed by atoms with Crippen molar-refractivity contribution in [3.05, 3.63) is 18.0 Å². The molecule has 0 unspecified atom stereocenters. The summed E-state index contributed by atoms with van der Waals surface area (Å²) in [5.41, 5.74) is 1.23. The number of hydrogen-bond donors (Lipinski definition) is 1. The lowest BCUT2D eigenvalue weighted by Crippen LogP contribution is -2.47. The number of carbonyl (C=O) groups excluding carboxylic acids is 1. The Balaban J connectivity index is 0.00000156. The third-order valence-electron chi connectivity index (χ3n) is 5.03. The number of aromatic nitrogens is 2. The monoisotopic (exact) mass is 391 g/mol. The average Bonchev–Trinajstić information content (AvgIpc) is 2.99. The molecule has 3 rings (SSSR count). The molecule has 2 aliphatic heterocycles. The second-order valence-electron chi connectivity index (χ2n) is 6.91. The van der Waals surface area contributed by atoms with Gasteiger partial charge in [0, 0.05) is 51.9 Å². The number of hydrogen-bond acceptors (Lipinski definition) is 4. The minimum absolute atomic E-state index is 0. The van der Waals surface area contributed by atoms with Crippen molar-refractivity contribution in [3.8, 4) is 0 Å². The van der Waals surface area contributed by atoms with Gasteiger partial charge in [0.15, 0.2) is 0 Å². The van der Waals surface area contributed by atoms with E-state index >= 15 is 0 Å². The maximum atomic E-state index is 12.2. The van der Waals surface area contributed by atoms with E-state index in [4.69, 9.17) is 0 Å². The molecule has 1 aromatic rings. The van der Waals surface area contributed by atoms with Crippen LogP contribution >= 0.6 is 24.8 Å². The first kappa shape index (κ1) is 22.2. The molecule has 1 amide bonds. The van der Waals surface area contributed by atoms with Crippen molar-refractivity contribution < 1.29 is 4.79 Å². The van der Waals surface area contributed by atoms with Gasteiger partial charge in [0.2, 0.25) is 5.91 Å². The zero-order valence-corrected chi connectivity index (χ0v) is 16.7. The molecule has 1 N–H and O–H groups in total. The SMILES string of the molecule is Cc1cnn(CC2CCN(CCC(=O)N3CCNCC3)CC2)c1.Cl.Cl. The number of halogens is 2. The first-order valence-corrected chi connectivity index (χ1v) is 8.90. The van der Waals surface area contributed by atoms with E-state index in [1.807, 2.05) is 11.1 Å². The summed E-state index contributed by atoms with van der Waals surface area (Å²) >= 11 is 0. The topological polar surface area (TPSA) is 53.4 Å². The molecule has 2 fully saturated rings. The van der Waals surface area contributed by atoms with Crippen LogP contribution in [-0.2, 0) is 11.3 Å². The predicted octanol–water partition coefficient (Wildman–Crippen LogP) is 1.57. The molecular formula is C17H31Cl2N5O. The molecule has 0 bridgehead atoms. The number of nitrogens with zero attached hydrogens (tertiary/aromatic N) is 4. The van der Waals surface area contributed by atoms with Crippen LogP contribution in [0.5, 0.6) is 0 Å². The molecule has 2 aliphatic rings. The van der Waals surface area contributed by atoms with Crippen molar-refractivity contribution in [1.82, 2.24) is 24.9 Å². The lowest BCUT2D eigenvalue weighted by molar-refractivity contribution is -0.132. The molecule has 0 saturated carbocycles. The Morgan fingerprint density at radius 2 is 1.88 bits per heavy atom. The average molecular weight is 392 g/mol. The van der Waals surface area contributed by atoms with Crippen molar-refractivity contribution >= 4 is 30.7 Å². The highest BCUT2D eigenvalue weighted by Gasteiger charge is 2.22. The van der Waals surface area contributed by atoms with Crippen LogP contribution in [0.2, 0.25) is 0 Å². The van der Waals surface area contributed by atoms with E-state index in [0.29, 0.717) is 12.3 Å². The van der Waals surface area contributed by atoms with E-state index in [9.17, 15) is 4.79 Å². The molecule has 2 saturated heterocycles. The summed E-state index contributed by atoms with van der Waals surface area (Å²) in [6.07, 6.45) is 7.14. The van der Waals surface area contributed by atoms with Gasteiger partial charge in [0.25, 0.3) is 0 Å². The summed E-state index contributed by atoms with van der Waals surface area (Å²) in [6, 6.07) is 0. The van der Waals surface area contributed by atoms with Crippen LogP contribution in [-0.4, -0.2) is 71.3 Å². The summed E-state index contributed by atoms with van der Waals surface area (Å²) < 4.78 is 2.07. The van der Waals surface area contributed by atoms with Gasteiger partial charge in [-0.25, -0.2) is 0 Å². The Hall–Kier alpha value is -0.820. The molecule has 0 aromatic carbocycles. The molecule has 6 nitrogen and oxygen atoms in total. The Morgan fingerprint density at radius 3 is 2.48 bits per heavy atom. The van der Waals surface area contributed by atoms with Crippen LogP contribution in [0.3, 0.4) is 0 Å². The second kappa shape index (κ2) is 11.0. The highest BCUT2D eigenvalue weighted by molar-refractivity contribution is 5.85. The third-order valence-corrected chi connectivity index (χ3v) is 5.03. The van der Waals surface area contributed by atoms with Crippen LogP contribution in [0.15, 0.2) is 12.4 Å². The maximum Gasteiger partial charge on any atom is 0.223 e. The van der Waals surface area contributed by atoms with E-state index in [1.165, 1.54) is 18.4 Å².